The smallest absolute Gasteiger partial charge is 0.0800 e. The van der Waals surface area contributed by atoms with Gasteiger partial charge < -0.3 is 4.74 Å². The summed E-state index contributed by atoms with van der Waals surface area (Å²) in [6.45, 7) is 15.6. The molecule has 1 aromatic heterocycles. The SMILES string of the molecule is CCCC1(CC)C2CC2C(CC)CCC2C3CCC(C(Cn4cc(C(C)C)cn4)OC)C3(C)CCC21. The molecule has 204 valence electrons. The van der Waals surface area contributed by atoms with Gasteiger partial charge in [0.1, 0.15) is 0 Å². The van der Waals surface area contributed by atoms with Crippen molar-refractivity contribution in [3.63, 3.8) is 0 Å². The minimum Gasteiger partial charge on any atom is -0.379 e. The molecule has 3 nitrogen and oxygen atoms in total. The second-order valence-electron chi connectivity index (χ2n) is 14.1. The van der Waals surface area contributed by atoms with E-state index in [0.29, 0.717) is 22.7 Å². The lowest BCUT2D eigenvalue weighted by molar-refractivity contribution is -0.0971. The number of methoxy groups -OCH3 is 1. The summed E-state index contributed by atoms with van der Waals surface area (Å²) in [5.41, 5.74) is 2.39. The Balaban J connectivity index is 1.41. The van der Waals surface area contributed by atoms with Gasteiger partial charge in [0.15, 0.2) is 0 Å². The summed E-state index contributed by atoms with van der Waals surface area (Å²) in [6.07, 6.45) is 20.5. The normalized spacial score (nSPS) is 42.8. The summed E-state index contributed by atoms with van der Waals surface area (Å²) < 4.78 is 8.47. The first kappa shape index (κ1) is 26.8. The average Bonchev–Trinajstić information content (AvgIpc) is 3.35. The molecule has 4 aliphatic rings. The van der Waals surface area contributed by atoms with Crippen molar-refractivity contribution >= 4 is 0 Å². The van der Waals surface area contributed by atoms with Crippen LogP contribution in [0.3, 0.4) is 0 Å². The Morgan fingerprint density at radius 2 is 1.83 bits per heavy atom. The average molecular weight is 497 g/mol. The molecule has 0 N–H and O–H groups in total. The maximum Gasteiger partial charge on any atom is 0.0800 e. The van der Waals surface area contributed by atoms with Gasteiger partial charge in [-0.1, -0.05) is 54.4 Å². The molecule has 36 heavy (non-hydrogen) atoms. The number of ether oxygens (including phenoxy) is 1. The van der Waals surface area contributed by atoms with E-state index in [1.54, 1.807) is 6.42 Å². The number of rotatable bonds is 9. The molecule has 0 aromatic carbocycles. The van der Waals surface area contributed by atoms with Crippen LogP contribution in [0.5, 0.6) is 0 Å². The molecular formula is C33H56N2O. The van der Waals surface area contributed by atoms with E-state index in [1.165, 1.54) is 69.8 Å². The molecule has 4 aliphatic carbocycles. The predicted molar refractivity (Wildman–Crippen MR) is 150 cm³/mol. The van der Waals surface area contributed by atoms with Gasteiger partial charge in [0.25, 0.3) is 0 Å². The van der Waals surface area contributed by atoms with E-state index in [0.717, 1.165) is 42.1 Å². The largest absolute Gasteiger partial charge is 0.379 e. The number of nitrogens with zero attached hydrogens (tertiary/aromatic N) is 2. The molecule has 0 amide bonds. The highest BCUT2D eigenvalue weighted by molar-refractivity contribution is 5.13. The fraction of sp³-hybridized carbons (Fsp3) is 0.909. The third kappa shape index (κ3) is 4.32. The number of aromatic nitrogens is 2. The van der Waals surface area contributed by atoms with Crippen LogP contribution in [0, 0.1) is 52.3 Å². The van der Waals surface area contributed by atoms with Crippen molar-refractivity contribution in [2.75, 3.05) is 7.11 Å². The molecule has 1 heterocycles. The summed E-state index contributed by atoms with van der Waals surface area (Å²) in [5.74, 6) is 7.05. The van der Waals surface area contributed by atoms with Crippen LogP contribution in [0.1, 0.15) is 124 Å². The zero-order valence-corrected chi connectivity index (χ0v) is 24.6. The van der Waals surface area contributed by atoms with E-state index in [2.05, 4.69) is 58.6 Å². The van der Waals surface area contributed by atoms with Gasteiger partial charge in [0, 0.05) is 13.3 Å². The zero-order chi connectivity index (χ0) is 25.7. The van der Waals surface area contributed by atoms with Crippen LogP contribution < -0.4 is 0 Å². The predicted octanol–water partition coefficient (Wildman–Crippen LogP) is 8.73. The molecule has 0 saturated heterocycles. The maximum absolute atomic E-state index is 6.30. The molecule has 4 saturated carbocycles. The van der Waals surface area contributed by atoms with Gasteiger partial charge in [-0.15, -0.1) is 0 Å². The van der Waals surface area contributed by atoms with Crippen LogP contribution in [-0.2, 0) is 11.3 Å². The summed E-state index contributed by atoms with van der Waals surface area (Å²) in [6, 6.07) is 0. The highest BCUT2D eigenvalue weighted by Crippen LogP contribution is 2.71. The van der Waals surface area contributed by atoms with Gasteiger partial charge in [-0.25, -0.2) is 0 Å². The molecule has 10 unspecified atom stereocenters. The highest BCUT2D eigenvalue weighted by Gasteiger charge is 2.64. The topological polar surface area (TPSA) is 27.1 Å². The van der Waals surface area contributed by atoms with Crippen molar-refractivity contribution < 1.29 is 4.74 Å². The zero-order valence-electron chi connectivity index (χ0n) is 24.6. The molecule has 0 bridgehead atoms. The molecule has 0 radical (unpaired) electrons. The van der Waals surface area contributed by atoms with Crippen LogP contribution in [0.25, 0.3) is 0 Å². The Kier molecular flexibility index (Phi) is 7.72. The van der Waals surface area contributed by atoms with Crippen molar-refractivity contribution in [3.8, 4) is 0 Å². The van der Waals surface area contributed by atoms with Crippen molar-refractivity contribution in [3.05, 3.63) is 18.0 Å². The third-order valence-electron chi connectivity index (χ3n) is 12.6. The lowest BCUT2D eigenvalue weighted by atomic mass is 9.48. The van der Waals surface area contributed by atoms with Gasteiger partial charge in [0.05, 0.1) is 18.8 Å². The molecule has 5 rings (SSSR count). The standard InChI is InChI=1S/C33H56N2O/c1-8-16-33(10-3)28-15-17-32(6)27(25(28)12-11-23(9-2)26-18-30(26)33)13-14-29(32)31(36-7)21-35-20-24(19-34-35)22(4)5/h19-20,22-23,25-31H,8-18,21H2,1-7H3. The van der Waals surface area contributed by atoms with Crippen LogP contribution in [-0.4, -0.2) is 23.0 Å². The van der Waals surface area contributed by atoms with Gasteiger partial charge >= 0.3 is 0 Å². The fourth-order valence-corrected chi connectivity index (χ4v) is 10.7. The van der Waals surface area contributed by atoms with E-state index in [4.69, 9.17) is 9.84 Å². The monoisotopic (exact) mass is 496 g/mol. The second-order valence-corrected chi connectivity index (χ2v) is 14.1. The Morgan fingerprint density at radius 3 is 2.47 bits per heavy atom. The van der Waals surface area contributed by atoms with Crippen molar-refractivity contribution in [2.45, 2.75) is 131 Å². The molecule has 1 aromatic rings. The molecule has 0 spiro atoms. The van der Waals surface area contributed by atoms with E-state index < -0.39 is 0 Å². The van der Waals surface area contributed by atoms with Gasteiger partial charge in [0.2, 0.25) is 0 Å². The number of fused-ring (bicyclic) bond motifs is 4. The Labute approximate surface area is 222 Å². The first-order valence-corrected chi connectivity index (χ1v) is 15.9. The van der Waals surface area contributed by atoms with Crippen molar-refractivity contribution in [1.29, 1.82) is 0 Å². The molecule has 10 atom stereocenters. The first-order chi connectivity index (χ1) is 17.3. The third-order valence-corrected chi connectivity index (χ3v) is 12.6. The molecular weight excluding hydrogens is 440 g/mol. The quantitative estimate of drug-likeness (QED) is 0.342. The minimum atomic E-state index is 0.271. The first-order valence-electron chi connectivity index (χ1n) is 15.9. The summed E-state index contributed by atoms with van der Waals surface area (Å²) in [7, 11) is 1.96. The van der Waals surface area contributed by atoms with Gasteiger partial charge in [-0.3, -0.25) is 4.68 Å². The summed E-state index contributed by atoms with van der Waals surface area (Å²) in [4.78, 5) is 0. The fourth-order valence-electron chi connectivity index (χ4n) is 10.7. The minimum absolute atomic E-state index is 0.271. The Hall–Kier alpha value is -0.830. The van der Waals surface area contributed by atoms with Crippen LogP contribution >= 0.6 is 0 Å². The number of hydrogen-bond acceptors (Lipinski definition) is 2. The van der Waals surface area contributed by atoms with E-state index in [-0.39, 0.29) is 6.10 Å². The van der Waals surface area contributed by atoms with Crippen LogP contribution in [0.2, 0.25) is 0 Å². The second kappa shape index (κ2) is 10.4. The molecule has 4 fully saturated rings. The van der Waals surface area contributed by atoms with E-state index in [9.17, 15) is 0 Å². The van der Waals surface area contributed by atoms with Crippen LogP contribution in [0.4, 0.5) is 0 Å². The Morgan fingerprint density at radius 1 is 1.03 bits per heavy atom. The van der Waals surface area contributed by atoms with E-state index in [1.807, 2.05) is 7.11 Å². The molecule has 3 heteroatoms. The summed E-state index contributed by atoms with van der Waals surface area (Å²) in [5, 5.41) is 4.73. The maximum atomic E-state index is 6.30. The van der Waals surface area contributed by atoms with Crippen molar-refractivity contribution in [2.24, 2.45) is 52.3 Å². The number of hydrogen-bond donors (Lipinski definition) is 0. The van der Waals surface area contributed by atoms with Crippen molar-refractivity contribution in [1.82, 2.24) is 9.78 Å². The van der Waals surface area contributed by atoms with Gasteiger partial charge in [-0.05, 0) is 122 Å². The molecule has 0 aliphatic heterocycles. The van der Waals surface area contributed by atoms with Crippen LogP contribution in [0.15, 0.2) is 12.4 Å². The van der Waals surface area contributed by atoms with Gasteiger partial charge in [-0.2, -0.15) is 5.10 Å². The van der Waals surface area contributed by atoms with E-state index >= 15 is 0 Å². The summed E-state index contributed by atoms with van der Waals surface area (Å²) >= 11 is 0. The highest BCUT2D eigenvalue weighted by atomic mass is 16.5. The lowest BCUT2D eigenvalue weighted by Crippen LogP contribution is -2.51. The lowest BCUT2D eigenvalue weighted by Gasteiger charge is -2.57. The Bertz CT molecular complexity index is 877.